The number of imidazole rings is 1. The maximum atomic E-state index is 11.8. The Balaban J connectivity index is 1.58. The van der Waals surface area contributed by atoms with E-state index < -0.39 is 0 Å². The van der Waals surface area contributed by atoms with E-state index in [0.717, 1.165) is 24.2 Å². The van der Waals surface area contributed by atoms with Gasteiger partial charge in [0.05, 0.1) is 17.3 Å². The number of fused-ring (bicyclic) bond motifs is 1. The predicted molar refractivity (Wildman–Crippen MR) is 78.5 cm³/mol. The van der Waals surface area contributed by atoms with Gasteiger partial charge in [-0.15, -0.1) is 0 Å². The summed E-state index contributed by atoms with van der Waals surface area (Å²) in [7, 11) is 0. The number of hydrogen-bond donors (Lipinski definition) is 1. The van der Waals surface area contributed by atoms with E-state index in [0.29, 0.717) is 23.9 Å². The molecule has 1 N–H and O–H groups in total. The summed E-state index contributed by atoms with van der Waals surface area (Å²) < 4.78 is 1.86. The third kappa shape index (κ3) is 3.02. The Morgan fingerprint density at radius 2 is 2.35 bits per heavy atom. The zero-order valence-corrected chi connectivity index (χ0v) is 11.8. The molecule has 3 rings (SSSR count). The van der Waals surface area contributed by atoms with Crippen molar-refractivity contribution < 1.29 is 4.79 Å². The smallest absolute Gasteiger partial charge is 0.220 e. The van der Waals surface area contributed by atoms with E-state index >= 15 is 0 Å². The molecule has 1 aliphatic carbocycles. The minimum Gasteiger partial charge on any atom is -0.350 e. The number of aromatic nitrogens is 2. The molecule has 2 heterocycles. The minimum atomic E-state index is 0.0802. The van der Waals surface area contributed by atoms with Crippen molar-refractivity contribution in [3.63, 3.8) is 0 Å². The highest BCUT2D eigenvalue weighted by Gasteiger charge is 2.14. The van der Waals surface area contributed by atoms with Crippen LogP contribution in [0.2, 0.25) is 5.02 Å². The first-order chi connectivity index (χ1) is 9.70. The molecule has 4 nitrogen and oxygen atoms in total. The summed E-state index contributed by atoms with van der Waals surface area (Å²) in [6.45, 7) is 0.453. The summed E-state index contributed by atoms with van der Waals surface area (Å²) in [5.74, 6) is 0.478. The fourth-order valence-corrected chi connectivity index (χ4v) is 2.64. The van der Waals surface area contributed by atoms with Gasteiger partial charge in [0.25, 0.3) is 0 Å². The Kier molecular flexibility index (Phi) is 3.74. The third-order valence-corrected chi connectivity index (χ3v) is 3.72. The first-order valence-electron chi connectivity index (χ1n) is 6.77. The van der Waals surface area contributed by atoms with Crippen LogP contribution in [0, 0.1) is 5.92 Å². The number of amides is 1. The highest BCUT2D eigenvalue weighted by Crippen LogP contribution is 2.20. The van der Waals surface area contributed by atoms with Crippen LogP contribution in [-0.2, 0) is 11.3 Å². The molecule has 1 atom stereocenters. The van der Waals surface area contributed by atoms with Gasteiger partial charge in [0.15, 0.2) is 0 Å². The molecule has 0 radical (unpaired) electrons. The zero-order valence-electron chi connectivity index (χ0n) is 11.1. The zero-order chi connectivity index (χ0) is 13.9. The Hall–Kier alpha value is -1.81. The van der Waals surface area contributed by atoms with Gasteiger partial charge in [0, 0.05) is 18.8 Å². The molecule has 0 spiro atoms. The number of rotatable bonds is 4. The van der Waals surface area contributed by atoms with Crippen LogP contribution in [0.1, 0.15) is 25.0 Å². The summed E-state index contributed by atoms with van der Waals surface area (Å²) in [6, 6.07) is 3.66. The quantitative estimate of drug-likeness (QED) is 0.880. The summed E-state index contributed by atoms with van der Waals surface area (Å²) in [4.78, 5) is 16.3. The van der Waals surface area contributed by atoms with Gasteiger partial charge in [-0.3, -0.25) is 4.79 Å². The molecule has 104 valence electrons. The molecule has 2 aromatic rings. The van der Waals surface area contributed by atoms with Gasteiger partial charge in [-0.05, 0) is 30.9 Å². The molecule has 0 saturated carbocycles. The summed E-state index contributed by atoms with van der Waals surface area (Å²) in [5.41, 5.74) is 1.67. The molecule has 0 aliphatic heterocycles. The van der Waals surface area contributed by atoms with Crippen LogP contribution in [0.4, 0.5) is 0 Å². The molecule has 0 saturated heterocycles. The Labute approximate surface area is 122 Å². The van der Waals surface area contributed by atoms with Crippen LogP contribution in [0.15, 0.2) is 36.7 Å². The lowest BCUT2D eigenvalue weighted by molar-refractivity contribution is -0.121. The molecule has 2 aromatic heterocycles. The molecule has 20 heavy (non-hydrogen) atoms. The lowest BCUT2D eigenvalue weighted by Gasteiger charge is -2.07. The van der Waals surface area contributed by atoms with Crippen LogP contribution in [0.3, 0.4) is 0 Å². The van der Waals surface area contributed by atoms with E-state index in [4.69, 9.17) is 11.6 Å². The van der Waals surface area contributed by atoms with Crippen molar-refractivity contribution >= 4 is 23.2 Å². The number of allylic oxidation sites excluding steroid dienone is 2. The van der Waals surface area contributed by atoms with Crippen molar-refractivity contribution in [2.75, 3.05) is 0 Å². The van der Waals surface area contributed by atoms with Gasteiger partial charge < -0.3 is 9.72 Å². The molecule has 1 amide bonds. The average molecular weight is 290 g/mol. The van der Waals surface area contributed by atoms with Crippen molar-refractivity contribution in [3.05, 3.63) is 47.4 Å². The van der Waals surface area contributed by atoms with E-state index in [-0.39, 0.29) is 5.91 Å². The highest BCUT2D eigenvalue weighted by molar-refractivity contribution is 6.30. The van der Waals surface area contributed by atoms with Gasteiger partial charge in [-0.25, -0.2) is 4.98 Å². The molecular weight excluding hydrogens is 274 g/mol. The summed E-state index contributed by atoms with van der Waals surface area (Å²) in [5, 5.41) is 3.59. The van der Waals surface area contributed by atoms with Gasteiger partial charge in [-0.1, -0.05) is 23.8 Å². The number of nitrogens with zero attached hydrogens (tertiary/aromatic N) is 2. The van der Waals surface area contributed by atoms with Gasteiger partial charge in [-0.2, -0.15) is 0 Å². The van der Waals surface area contributed by atoms with Crippen LogP contribution in [0.25, 0.3) is 5.65 Å². The first kappa shape index (κ1) is 13.2. The van der Waals surface area contributed by atoms with E-state index in [1.165, 1.54) is 0 Å². The van der Waals surface area contributed by atoms with Crippen molar-refractivity contribution in [2.45, 2.75) is 25.8 Å². The SMILES string of the molecule is O=C(C[C@H]1C=CCC1)NCc1cn2cc(Cl)ccc2n1. The minimum absolute atomic E-state index is 0.0802. The largest absolute Gasteiger partial charge is 0.350 e. The number of nitrogens with one attached hydrogen (secondary N) is 1. The van der Waals surface area contributed by atoms with Gasteiger partial charge in [0.1, 0.15) is 5.65 Å². The topological polar surface area (TPSA) is 46.4 Å². The lowest BCUT2D eigenvalue weighted by atomic mass is 10.1. The number of halogens is 1. The van der Waals surface area contributed by atoms with E-state index in [9.17, 15) is 4.79 Å². The van der Waals surface area contributed by atoms with Crippen molar-refractivity contribution in [2.24, 2.45) is 5.92 Å². The lowest BCUT2D eigenvalue weighted by Crippen LogP contribution is -2.24. The maximum absolute atomic E-state index is 11.8. The van der Waals surface area contributed by atoms with Crippen LogP contribution in [-0.4, -0.2) is 15.3 Å². The summed E-state index contributed by atoms with van der Waals surface area (Å²) in [6.07, 6.45) is 10.7. The number of hydrogen-bond acceptors (Lipinski definition) is 2. The summed E-state index contributed by atoms with van der Waals surface area (Å²) >= 11 is 5.93. The number of carbonyl (C=O) groups is 1. The monoisotopic (exact) mass is 289 g/mol. The standard InChI is InChI=1S/C15H16ClN3O/c16-12-5-6-14-18-13(10-19(14)9-12)8-17-15(20)7-11-3-1-2-4-11/h1,3,5-6,9-11H,2,4,7-8H2,(H,17,20)/t11-/m0/s1. The first-order valence-corrected chi connectivity index (χ1v) is 7.15. The number of carbonyl (C=O) groups excluding carboxylic acids is 1. The van der Waals surface area contributed by atoms with Gasteiger partial charge >= 0.3 is 0 Å². The van der Waals surface area contributed by atoms with E-state index in [2.05, 4.69) is 22.5 Å². The van der Waals surface area contributed by atoms with E-state index in [1.807, 2.05) is 16.7 Å². The number of pyridine rings is 1. The fourth-order valence-electron chi connectivity index (χ4n) is 2.47. The second kappa shape index (κ2) is 5.67. The van der Waals surface area contributed by atoms with Crippen molar-refractivity contribution in [1.29, 1.82) is 0 Å². The normalized spacial score (nSPS) is 17.8. The Morgan fingerprint density at radius 1 is 1.45 bits per heavy atom. The highest BCUT2D eigenvalue weighted by atomic mass is 35.5. The molecular formula is C15H16ClN3O. The van der Waals surface area contributed by atoms with Crippen LogP contribution >= 0.6 is 11.6 Å². The maximum Gasteiger partial charge on any atom is 0.220 e. The molecule has 0 bridgehead atoms. The third-order valence-electron chi connectivity index (χ3n) is 3.49. The van der Waals surface area contributed by atoms with Crippen molar-refractivity contribution in [3.8, 4) is 0 Å². The van der Waals surface area contributed by atoms with Crippen LogP contribution < -0.4 is 5.32 Å². The molecule has 0 fully saturated rings. The fraction of sp³-hybridized carbons (Fsp3) is 0.333. The molecule has 5 heteroatoms. The molecule has 0 aromatic carbocycles. The van der Waals surface area contributed by atoms with Crippen LogP contribution in [0.5, 0.6) is 0 Å². The molecule has 1 aliphatic rings. The molecule has 0 unspecified atom stereocenters. The second-order valence-electron chi connectivity index (χ2n) is 5.09. The Bertz CT molecular complexity index is 662. The Morgan fingerprint density at radius 3 is 3.15 bits per heavy atom. The van der Waals surface area contributed by atoms with Gasteiger partial charge in [0.2, 0.25) is 5.91 Å². The predicted octanol–water partition coefficient (Wildman–Crippen LogP) is 2.96. The second-order valence-corrected chi connectivity index (χ2v) is 5.53. The average Bonchev–Trinajstić information content (AvgIpc) is 3.04. The van der Waals surface area contributed by atoms with Crippen molar-refractivity contribution in [1.82, 2.24) is 14.7 Å². The van der Waals surface area contributed by atoms with E-state index in [1.54, 1.807) is 12.3 Å².